The van der Waals surface area contributed by atoms with Crippen LogP contribution in [0, 0.1) is 20.2 Å². The normalized spacial score (nSPS) is 11.7. The molecule has 108 valence electrons. The molecule has 0 aliphatic carbocycles. The molecule has 0 aliphatic heterocycles. The first-order chi connectivity index (χ1) is 9.27. The highest BCUT2D eigenvalue weighted by molar-refractivity contribution is 5.91. The van der Waals surface area contributed by atoms with Crippen LogP contribution in [0.1, 0.15) is 30.6 Å². The van der Waals surface area contributed by atoms with Crippen LogP contribution in [0.4, 0.5) is 17.1 Å². The maximum absolute atomic E-state index is 11.0. The molecule has 1 aromatic carbocycles. The molecule has 0 fully saturated rings. The lowest BCUT2D eigenvalue weighted by molar-refractivity contribution is -0.392. The highest BCUT2D eigenvalue weighted by atomic mass is 16.6. The van der Waals surface area contributed by atoms with E-state index in [1.54, 1.807) is 13.8 Å². The number of benzene rings is 1. The van der Waals surface area contributed by atoms with Crippen LogP contribution in [0.2, 0.25) is 0 Å². The molecule has 0 radical (unpaired) electrons. The molecular weight excluding hydrogens is 270 g/mol. The van der Waals surface area contributed by atoms with Gasteiger partial charge >= 0.3 is 0 Å². The van der Waals surface area contributed by atoms with Crippen LogP contribution in [0.25, 0.3) is 0 Å². The Labute approximate surface area is 113 Å². The predicted octanol–water partition coefficient (Wildman–Crippen LogP) is 1.08. The van der Waals surface area contributed by atoms with Gasteiger partial charge in [-0.3, -0.25) is 20.2 Å². The van der Waals surface area contributed by atoms with E-state index in [1.807, 2.05) is 0 Å². The molecule has 0 saturated carbocycles. The highest BCUT2D eigenvalue weighted by Gasteiger charge is 2.27. The molecule has 0 spiro atoms. The second-order valence-electron chi connectivity index (χ2n) is 4.14. The van der Waals surface area contributed by atoms with E-state index < -0.39 is 32.8 Å². The Hall–Kier alpha value is -2.71. The van der Waals surface area contributed by atoms with Crippen molar-refractivity contribution in [2.45, 2.75) is 26.3 Å². The summed E-state index contributed by atoms with van der Waals surface area (Å²) in [5, 5.41) is 35.4. The number of nitrogens with one attached hydrogen (secondary N) is 1. The monoisotopic (exact) mass is 282 g/mol. The number of hydrogen-bond acceptors (Lipinski definition) is 7. The summed E-state index contributed by atoms with van der Waals surface area (Å²) in [4.78, 5) is 31.0. The van der Waals surface area contributed by atoms with Crippen molar-refractivity contribution in [3.63, 3.8) is 0 Å². The van der Waals surface area contributed by atoms with Crippen molar-refractivity contribution in [2.24, 2.45) is 0 Å². The van der Waals surface area contributed by atoms with Gasteiger partial charge in [0, 0.05) is 23.7 Å². The Morgan fingerprint density at radius 3 is 2.00 bits per heavy atom. The van der Waals surface area contributed by atoms with Crippen LogP contribution in [0.5, 0.6) is 0 Å². The van der Waals surface area contributed by atoms with E-state index in [1.165, 1.54) is 0 Å². The number of anilines is 1. The van der Waals surface area contributed by atoms with Crippen molar-refractivity contribution in [1.82, 2.24) is 0 Å². The minimum Gasteiger partial charge on any atom is -0.545 e. The molecule has 1 N–H and O–H groups in total. The number of aromatic carboxylic acids is 1. The SMILES string of the molecule is CC[C@@H](C)Nc1c([N+](=O)[O-])cc(C(=O)[O-])cc1[N+](=O)[O-]. The van der Waals surface area contributed by atoms with Gasteiger partial charge in [0.1, 0.15) is 0 Å². The minimum atomic E-state index is -1.72. The van der Waals surface area contributed by atoms with Crippen molar-refractivity contribution < 1.29 is 19.7 Å². The van der Waals surface area contributed by atoms with Gasteiger partial charge < -0.3 is 15.2 Å². The Balaban J connectivity index is 3.55. The van der Waals surface area contributed by atoms with Gasteiger partial charge in [-0.1, -0.05) is 6.92 Å². The lowest BCUT2D eigenvalue weighted by atomic mass is 10.1. The molecule has 1 atom stereocenters. The molecule has 9 heteroatoms. The molecule has 1 aromatic rings. The minimum absolute atomic E-state index is 0.249. The largest absolute Gasteiger partial charge is 0.545 e. The third-order valence-corrected chi connectivity index (χ3v) is 2.73. The first-order valence-electron chi connectivity index (χ1n) is 5.72. The molecule has 0 amide bonds. The average Bonchev–Trinajstić information content (AvgIpc) is 2.37. The molecule has 1 rings (SSSR count). The highest BCUT2D eigenvalue weighted by Crippen LogP contribution is 2.36. The summed E-state index contributed by atoms with van der Waals surface area (Å²) in [5.74, 6) is -1.72. The number of carbonyl (C=O) groups excluding carboxylic acids is 1. The quantitative estimate of drug-likeness (QED) is 0.608. The van der Waals surface area contributed by atoms with Gasteiger partial charge in [0.25, 0.3) is 11.4 Å². The van der Waals surface area contributed by atoms with Gasteiger partial charge in [-0.15, -0.1) is 0 Å². The zero-order chi connectivity index (χ0) is 15.4. The summed E-state index contributed by atoms with van der Waals surface area (Å²) in [7, 11) is 0. The Kier molecular flexibility index (Phi) is 4.57. The third-order valence-electron chi connectivity index (χ3n) is 2.73. The number of nitrogens with zero attached hydrogens (tertiary/aromatic N) is 2. The number of carboxylic acid groups (broad SMARTS) is 1. The standard InChI is InChI=1S/C11H13N3O6/c1-3-6(2)12-10-8(13(17)18)4-7(11(15)16)5-9(10)14(19)20/h4-6,12H,3H2,1-2H3,(H,15,16)/p-1/t6-/m1/s1. The number of nitro groups is 2. The maximum Gasteiger partial charge on any atom is 0.300 e. The van der Waals surface area contributed by atoms with Crippen LogP contribution in [-0.4, -0.2) is 21.9 Å². The summed E-state index contributed by atoms with van der Waals surface area (Å²) < 4.78 is 0. The van der Waals surface area contributed by atoms with E-state index in [0.29, 0.717) is 6.42 Å². The Bertz CT molecular complexity index is 536. The van der Waals surface area contributed by atoms with E-state index in [4.69, 9.17) is 0 Å². The number of hydrogen-bond donors (Lipinski definition) is 1. The summed E-state index contributed by atoms with van der Waals surface area (Å²) >= 11 is 0. The fourth-order valence-corrected chi connectivity index (χ4v) is 1.51. The lowest BCUT2D eigenvalue weighted by Gasteiger charge is -2.14. The molecule has 0 aliphatic rings. The number of nitro benzene ring substituents is 2. The van der Waals surface area contributed by atoms with Crippen molar-refractivity contribution in [3.05, 3.63) is 37.9 Å². The molecule has 0 unspecified atom stereocenters. The first-order valence-corrected chi connectivity index (χ1v) is 5.72. The van der Waals surface area contributed by atoms with Crippen LogP contribution in [-0.2, 0) is 0 Å². The molecule has 0 aromatic heterocycles. The number of carbonyl (C=O) groups is 1. The van der Waals surface area contributed by atoms with Gasteiger partial charge in [0.15, 0.2) is 5.69 Å². The van der Waals surface area contributed by atoms with E-state index in [-0.39, 0.29) is 11.7 Å². The molecule has 0 bridgehead atoms. The van der Waals surface area contributed by atoms with Crippen LogP contribution >= 0.6 is 0 Å². The van der Waals surface area contributed by atoms with Gasteiger partial charge in [-0.05, 0) is 13.3 Å². The van der Waals surface area contributed by atoms with E-state index in [9.17, 15) is 30.1 Å². The van der Waals surface area contributed by atoms with E-state index >= 15 is 0 Å². The maximum atomic E-state index is 11.0. The lowest BCUT2D eigenvalue weighted by Crippen LogP contribution is -2.23. The summed E-state index contributed by atoms with van der Waals surface area (Å²) in [6, 6.07) is 1.24. The fraction of sp³-hybridized carbons (Fsp3) is 0.364. The van der Waals surface area contributed by atoms with Crippen molar-refractivity contribution in [1.29, 1.82) is 0 Å². The van der Waals surface area contributed by atoms with Crippen molar-refractivity contribution >= 4 is 23.0 Å². The van der Waals surface area contributed by atoms with Gasteiger partial charge in [-0.25, -0.2) is 0 Å². The molecule has 0 saturated heterocycles. The van der Waals surface area contributed by atoms with E-state index in [2.05, 4.69) is 5.32 Å². The average molecular weight is 282 g/mol. The first kappa shape index (κ1) is 15.3. The summed E-state index contributed by atoms with van der Waals surface area (Å²) in [6.45, 7) is 3.49. The second-order valence-corrected chi connectivity index (χ2v) is 4.14. The zero-order valence-corrected chi connectivity index (χ0v) is 10.8. The van der Waals surface area contributed by atoms with Crippen molar-refractivity contribution in [3.8, 4) is 0 Å². The zero-order valence-electron chi connectivity index (χ0n) is 10.8. The molecule has 9 nitrogen and oxygen atoms in total. The van der Waals surface area contributed by atoms with Crippen LogP contribution in [0.15, 0.2) is 12.1 Å². The summed E-state index contributed by atoms with van der Waals surface area (Å²) in [5.41, 5.74) is -2.25. The predicted molar refractivity (Wildman–Crippen MR) is 67.5 cm³/mol. The van der Waals surface area contributed by atoms with Crippen LogP contribution in [0.3, 0.4) is 0 Å². The van der Waals surface area contributed by atoms with Crippen LogP contribution < -0.4 is 10.4 Å². The molecule has 20 heavy (non-hydrogen) atoms. The van der Waals surface area contributed by atoms with E-state index in [0.717, 1.165) is 12.1 Å². The summed E-state index contributed by atoms with van der Waals surface area (Å²) in [6.07, 6.45) is 0.580. The fourth-order valence-electron chi connectivity index (χ4n) is 1.51. The smallest absolute Gasteiger partial charge is 0.300 e. The Morgan fingerprint density at radius 1 is 1.25 bits per heavy atom. The van der Waals surface area contributed by atoms with Gasteiger partial charge in [-0.2, -0.15) is 0 Å². The third kappa shape index (κ3) is 3.19. The van der Waals surface area contributed by atoms with Crippen molar-refractivity contribution in [2.75, 3.05) is 5.32 Å². The molecular formula is C11H12N3O6-. The Morgan fingerprint density at radius 2 is 1.70 bits per heavy atom. The topological polar surface area (TPSA) is 138 Å². The van der Waals surface area contributed by atoms with Gasteiger partial charge in [0.05, 0.1) is 15.8 Å². The molecule has 0 heterocycles. The number of carboxylic acids is 1. The number of rotatable bonds is 6. The second kappa shape index (κ2) is 5.95. The van der Waals surface area contributed by atoms with Gasteiger partial charge in [0.2, 0.25) is 0 Å².